The number of aromatic hydroxyl groups is 3. The largest absolute Gasteiger partial charge is 0.506 e. The number of fused-ring (bicyclic) bond motifs is 8. The Morgan fingerprint density at radius 1 is 0.548 bits per heavy atom. The molecule has 8 bridgehead atoms. The van der Waals surface area contributed by atoms with Gasteiger partial charge in [-0.1, -0.05) is 130 Å². The maximum atomic E-state index is 12.4. The summed E-state index contributed by atoms with van der Waals surface area (Å²) >= 11 is 5.70. The van der Waals surface area contributed by atoms with E-state index in [1.165, 1.54) is 47.0 Å². The normalized spacial score (nSPS) is 13.7. The average molecular weight is 910 g/mol. The second kappa shape index (κ2) is 16.8. The molecule has 2 aromatic heterocycles. The number of phenols is 3. The second-order valence-electron chi connectivity index (χ2n) is 20.4. The number of phenolic OH excluding ortho intramolecular Hbond substituents is 3. The maximum Gasteiger partial charge on any atom is 0.295 e. The van der Waals surface area contributed by atoms with Gasteiger partial charge in [-0.05, 0) is 92.4 Å². The van der Waals surface area contributed by atoms with Crippen LogP contribution in [0.1, 0.15) is 117 Å². The Balaban J connectivity index is 1.51. The third-order valence-electron chi connectivity index (χ3n) is 11.3. The number of nitrogens with zero attached hydrogens (tertiary/aromatic N) is 4. The summed E-state index contributed by atoms with van der Waals surface area (Å²) in [4.78, 5) is 10.2. The molecule has 6 aromatic rings. The van der Waals surface area contributed by atoms with E-state index in [2.05, 4.69) is 121 Å². The average Bonchev–Trinajstić information content (AvgIpc) is 3.73. The number of aryl methyl sites for hydroxylation is 2. The second-order valence-corrected chi connectivity index (χ2v) is 24.7. The first-order valence-corrected chi connectivity index (χ1v) is 24.2. The van der Waals surface area contributed by atoms with Crippen molar-refractivity contribution in [2.75, 3.05) is 0 Å². The molecule has 12 heteroatoms. The Labute approximate surface area is 384 Å². The molecule has 1 aliphatic heterocycles. The Bertz CT molecular complexity index is 2550. The van der Waals surface area contributed by atoms with Crippen molar-refractivity contribution in [3.63, 3.8) is 0 Å². The lowest BCUT2D eigenvalue weighted by molar-refractivity contribution is -0.680. The third kappa shape index (κ3) is 9.68. The zero-order chi connectivity index (χ0) is 45.3. The van der Waals surface area contributed by atoms with Gasteiger partial charge >= 0.3 is 0 Å². The van der Waals surface area contributed by atoms with Crippen LogP contribution in [0.5, 0.6) is 23.0 Å². The summed E-state index contributed by atoms with van der Waals surface area (Å²) in [6.45, 7) is 27.0. The van der Waals surface area contributed by atoms with Crippen LogP contribution in [0.15, 0.2) is 112 Å². The van der Waals surface area contributed by atoms with Crippen molar-refractivity contribution in [3.05, 3.63) is 107 Å². The summed E-state index contributed by atoms with van der Waals surface area (Å²) in [6, 6.07) is 16.7. The van der Waals surface area contributed by atoms with E-state index in [1.54, 1.807) is 0 Å². The number of aromatic nitrogens is 4. The summed E-state index contributed by atoms with van der Waals surface area (Å²) in [5.41, 5.74) is 3.26. The number of benzene rings is 4. The van der Waals surface area contributed by atoms with Crippen molar-refractivity contribution in [3.8, 4) is 23.0 Å². The fourth-order valence-electron chi connectivity index (χ4n) is 7.01. The number of rotatable bonds is 5. The van der Waals surface area contributed by atoms with E-state index < -0.39 is 0 Å². The summed E-state index contributed by atoms with van der Waals surface area (Å²) < 4.78 is 13.3. The molecule has 62 heavy (non-hydrogen) atoms. The van der Waals surface area contributed by atoms with Gasteiger partial charge in [-0.2, -0.15) is 0 Å². The first kappa shape index (κ1) is 45.9. The van der Waals surface area contributed by atoms with E-state index in [-0.39, 0.29) is 45.5 Å². The van der Waals surface area contributed by atoms with Crippen molar-refractivity contribution in [1.82, 2.24) is 14.1 Å². The lowest BCUT2D eigenvalue weighted by atomic mass is 9.87. The van der Waals surface area contributed by atoms with E-state index in [1.807, 2.05) is 67.7 Å². The van der Waals surface area contributed by atoms with Gasteiger partial charge in [-0.15, -0.1) is 0 Å². The Kier molecular flexibility index (Phi) is 12.4. The van der Waals surface area contributed by atoms with E-state index in [9.17, 15) is 15.3 Å². The zero-order valence-corrected chi connectivity index (χ0v) is 41.8. The molecule has 3 N–H and O–H groups in total. The molecule has 0 spiro atoms. The summed E-state index contributed by atoms with van der Waals surface area (Å²) in [7, 11) is 4.02. The van der Waals surface area contributed by atoms with Gasteiger partial charge in [-0.25, -0.2) is 14.1 Å². The van der Waals surface area contributed by atoms with Gasteiger partial charge in [0.1, 0.15) is 41.9 Å². The number of imidazole rings is 2. The highest BCUT2D eigenvalue weighted by molar-refractivity contribution is 8.01. The van der Waals surface area contributed by atoms with E-state index in [0.29, 0.717) is 41.7 Å². The molecule has 0 saturated carbocycles. The van der Waals surface area contributed by atoms with Crippen LogP contribution in [-0.2, 0) is 48.9 Å². The van der Waals surface area contributed by atoms with Gasteiger partial charge in [0.25, 0.3) is 5.82 Å². The number of hydrogen-bond donors (Lipinski definition) is 3. The van der Waals surface area contributed by atoms with Crippen LogP contribution in [0.2, 0.25) is 0 Å². The predicted molar refractivity (Wildman–Crippen MR) is 254 cm³/mol. The van der Waals surface area contributed by atoms with Crippen LogP contribution >= 0.6 is 47.0 Å². The van der Waals surface area contributed by atoms with Gasteiger partial charge in [0, 0.05) is 19.4 Å². The van der Waals surface area contributed by atoms with Crippen LogP contribution in [0.4, 0.5) is 0 Å². The molecule has 0 saturated heterocycles. The number of hydrogen-bond acceptors (Lipinski definition) is 9. The zero-order valence-electron chi connectivity index (χ0n) is 38.5. The van der Waals surface area contributed by atoms with Crippen LogP contribution in [0, 0.1) is 0 Å². The van der Waals surface area contributed by atoms with E-state index in [0.717, 1.165) is 43.7 Å². The maximum absolute atomic E-state index is 12.4. The fraction of sp³-hybridized carbons (Fsp3) is 0.400. The summed E-state index contributed by atoms with van der Waals surface area (Å²) in [5.74, 6) is 2.93. The van der Waals surface area contributed by atoms with Crippen molar-refractivity contribution in [1.29, 1.82) is 0 Å². The minimum Gasteiger partial charge on any atom is -0.506 e. The van der Waals surface area contributed by atoms with Crippen molar-refractivity contribution in [2.45, 2.75) is 157 Å². The van der Waals surface area contributed by atoms with Crippen molar-refractivity contribution >= 4 is 47.0 Å². The third-order valence-corrected chi connectivity index (χ3v) is 15.5. The van der Waals surface area contributed by atoms with Gasteiger partial charge < -0.3 is 24.6 Å². The fourth-order valence-corrected chi connectivity index (χ4v) is 11.5. The Hall–Kier alpha value is -4.10. The molecule has 8 nitrogen and oxygen atoms in total. The Morgan fingerprint density at radius 2 is 0.887 bits per heavy atom. The van der Waals surface area contributed by atoms with Crippen LogP contribution in [0.25, 0.3) is 0 Å². The quantitative estimate of drug-likeness (QED) is 0.146. The highest BCUT2D eigenvalue weighted by Gasteiger charge is 2.30. The van der Waals surface area contributed by atoms with Crippen LogP contribution in [0.3, 0.4) is 0 Å². The molecule has 0 radical (unpaired) electrons. The molecular formula is C50H61N4O4S4+. The van der Waals surface area contributed by atoms with Crippen molar-refractivity contribution in [2.24, 2.45) is 14.1 Å². The van der Waals surface area contributed by atoms with Crippen molar-refractivity contribution < 1.29 is 24.6 Å². The molecule has 7 rings (SSSR count). The van der Waals surface area contributed by atoms with Crippen LogP contribution < -0.4 is 9.30 Å². The molecule has 0 fully saturated rings. The first-order chi connectivity index (χ1) is 28.8. The predicted octanol–water partition coefficient (Wildman–Crippen LogP) is 12.9. The smallest absolute Gasteiger partial charge is 0.295 e. The topological polar surface area (TPSA) is 96.6 Å². The highest BCUT2D eigenvalue weighted by Crippen LogP contribution is 2.55. The van der Waals surface area contributed by atoms with Crippen LogP contribution in [-0.4, -0.2) is 29.4 Å². The molecule has 1 aliphatic rings. The first-order valence-electron chi connectivity index (χ1n) is 20.9. The molecule has 0 aliphatic carbocycles. The molecule has 0 amide bonds. The monoisotopic (exact) mass is 909 g/mol. The standard InChI is InChI=1S/C50H60N4O4S4/c1-47(2,3)29-19-33-43(55)34(20-29)60-36-22-31(49(7,8)9)24-38(45(36)57)62-40-26-32(50(10,11)12)25-39(61-37-23-30(48(4,5)6)21-35(59-33)44(37)56)46(40)58-28-42-53(14)17-18-54(42)27-41-51-15-16-52(41)13/h15-26H,27-28H2,1-14H3,(H2-,55,56,57)/p+1. The summed E-state index contributed by atoms with van der Waals surface area (Å²) in [6.07, 6.45) is 7.84. The van der Waals surface area contributed by atoms with Gasteiger partial charge in [0.2, 0.25) is 0 Å². The van der Waals surface area contributed by atoms with Gasteiger partial charge in [0.15, 0.2) is 12.4 Å². The SMILES string of the molecule is Cn1ccnc1Cn1cc[n+](C)c1COc1c2cc(C(C)(C)C)cc1Sc1cc(C(C)(C)C)cc(c1O)Sc1cc(C(C)(C)C)cc(c1O)Sc1cc(C(C)(C)C)cc(c1O)S2. The summed E-state index contributed by atoms with van der Waals surface area (Å²) in [5, 5.41) is 36.9. The van der Waals surface area contributed by atoms with E-state index >= 15 is 0 Å². The molecule has 0 atom stereocenters. The van der Waals surface area contributed by atoms with Gasteiger partial charge in [-0.3, -0.25) is 0 Å². The van der Waals surface area contributed by atoms with E-state index in [4.69, 9.17) is 4.74 Å². The number of ether oxygens (including phenoxy) is 1. The lowest BCUT2D eigenvalue weighted by Gasteiger charge is -2.26. The minimum atomic E-state index is -0.249. The lowest BCUT2D eigenvalue weighted by Crippen LogP contribution is -2.33. The Morgan fingerprint density at radius 3 is 1.21 bits per heavy atom. The molecule has 0 unspecified atom stereocenters. The molecular weight excluding hydrogens is 849 g/mol. The van der Waals surface area contributed by atoms with Gasteiger partial charge in [0.05, 0.1) is 46.2 Å². The molecule has 4 aromatic carbocycles. The molecule has 3 heterocycles. The highest BCUT2D eigenvalue weighted by atomic mass is 32.2. The minimum absolute atomic E-state index is 0.112. The molecule has 328 valence electrons.